The van der Waals surface area contributed by atoms with E-state index in [1.807, 2.05) is 32.0 Å². The highest BCUT2D eigenvalue weighted by Crippen LogP contribution is 2.24. The second kappa shape index (κ2) is 6.41. The number of β-amino-alcohol motifs (C(OH)–C–C–N with tert-alkyl or cyclic N) is 1. The summed E-state index contributed by atoms with van der Waals surface area (Å²) in [7, 11) is 5.74. The van der Waals surface area contributed by atoms with Gasteiger partial charge in [-0.1, -0.05) is 0 Å². The molecule has 1 aliphatic heterocycles. The third-order valence-corrected chi connectivity index (χ3v) is 3.77. The fourth-order valence-corrected chi connectivity index (χ4v) is 2.83. The highest BCUT2D eigenvalue weighted by Gasteiger charge is 2.35. The predicted molar refractivity (Wildman–Crippen MR) is 82.5 cm³/mol. The maximum Gasteiger partial charge on any atom is 0.257 e. The molecule has 1 saturated heterocycles. The number of likely N-dealkylation sites (N-methyl/N-ethyl adjacent to an activating group) is 1. The molecule has 21 heavy (non-hydrogen) atoms. The Morgan fingerprint density at radius 2 is 2.29 bits per heavy atom. The van der Waals surface area contributed by atoms with Gasteiger partial charge in [-0.3, -0.25) is 9.78 Å². The first kappa shape index (κ1) is 15.7. The third-order valence-electron chi connectivity index (χ3n) is 3.77. The fourth-order valence-electron chi connectivity index (χ4n) is 2.83. The van der Waals surface area contributed by atoms with Crippen LogP contribution < -0.4 is 5.32 Å². The van der Waals surface area contributed by atoms with E-state index in [0.29, 0.717) is 18.5 Å². The number of carbonyl (C=O) groups is 1. The van der Waals surface area contributed by atoms with Gasteiger partial charge < -0.3 is 20.2 Å². The topological polar surface area (TPSA) is 68.7 Å². The lowest BCUT2D eigenvalue weighted by Gasteiger charge is -2.27. The Bertz CT molecular complexity index is 518. The SMILES string of the molecule is CNc1cc(C)ncc1C(=O)N1CC(O)CC1CN(C)C. The van der Waals surface area contributed by atoms with Crippen molar-refractivity contribution in [2.24, 2.45) is 0 Å². The molecule has 0 saturated carbocycles. The zero-order valence-corrected chi connectivity index (χ0v) is 13.1. The van der Waals surface area contributed by atoms with Crippen LogP contribution in [0.2, 0.25) is 0 Å². The lowest BCUT2D eigenvalue weighted by atomic mass is 10.1. The van der Waals surface area contributed by atoms with Gasteiger partial charge >= 0.3 is 0 Å². The number of aromatic nitrogens is 1. The highest BCUT2D eigenvalue weighted by atomic mass is 16.3. The smallest absolute Gasteiger partial charge is 0.257 e. The van der Waals surface area contributed by atoms with Crippen molar-refractivity contribution in [2.45, 2.75) is 25.5 Å². The van der Waals surface area contributed by atoms with Gasteiger partial charge in [-0.05, 0) is 33.5 Å². The van der Waals surface area contributed by atoms with Gasteiger partial charge in [-0.15, -0.1) is 0 Å². The molecule has 1 amide bonds. The Morgan fingerprint density at radius 1 is 1.57 bits per heavy atom. The molecule has 116 valence electrons. The Morgan fingerprint density at radius 3 is 2.90 bits per heavy atom. The van der Waals surface area contributed by atoms with Gasteiger partial charge in [0.1, 0.15) is 0 Å². The zero-order valence-electron chi connectivity index (χ0n) is 13.1. The Balaban J connectivity index is 2.25. The van der Waals surface area contributed by atoms with Gasteiger partial charge in [-0.25, -0.2) is 0 Å². The Kier molecular flexibility index (Phi) is 4.80. The minimum atomic E-state index is -0.449. The van der Waals surface area contributed by atoms with Crippen molar-refractivity contribution in [3.05, 3.63) is 23.5 Å². The summed E-state index contributed by atoms with van der Waals surface area (Å²) in [6, 6.07) is 1.90. The molecule has 1 aliphatic rings. The number of hydrogen-bond donors (Lipinski definition) is 2. The molecule has 0 spiro atoms. The monoisotopic (exact) mass is 292 g/mol. The maximum absolute atomic E-state index is 12.8. The van der Waals surface area contributed by atoms with E-state index >= 15 is 0 Å². The first-order valence-corrected chi connectivity index (χ1v) is 7.20. The molecule has 6 heteroatoms. The lowest BCUT2D eigenvalue weighted by molar-refractivity contribution is 0.0699. The maximum atomic E-state index is 12.8. The number of hydrogen-bond acceptors (Lipinski definition) is 5. The van der Waals surface area contributed by atoms with E-state index in [1.165, 1.54) is 0 Å². The molecule has 2 rings (SSSR count). The number of carbonyl (C=O) groups excluding carboxylic acids is 1. The van der Waals surface area contributed by atoms with E-state index in [1.54, 1.807) is 18.1 Å². The lowest BCUT2D eigenvalue weighted by Crippen LogP contribution is -2.41. The number of aryl methyl sites for hydroxylation is 1. The summed E-state index contributed by atoms with van der Waals surface area (Å²) in [5, 5.41) is 13.0. The minimum Gasteiger partial charge on any atom is -0.391 e. The molecule has 1 aromatic heterocycles. The van der Waals surface area contributed by atoms with Crippen LogP contribution in [0.25, 0.3) is 0 Å². The molecule has 2 unspecified atom stereocenters. The van der Waals surface area contributed by atoms with Crippen LogP contribution in [0.3, 0.4) is 0 Å². The molecule has 0 radical (unpaired) electrons. The minimum absolute atomic E-state index is 0.0357. The molecule has 1 aromatic rings. The molecule has 0 aliphatic carbocycles. The van der Waals surface area contributed by atoms with E-state index in [-0.39, 0.29) is 11.9 Å². The number of nitrogens with one attached hydrogen (secondary N) is 1. The van der Waals surface area contributed by atoms with E-state index in [4.69, 9.17) is 0 Å². The van der Waals surface area contributed by atoms with Crippen LogP contribution >= 0.6 is 0 Å². The van der Waals surface area contributed by atoms with Gasteiger partial charge in [0.15, 0.2) is 0 Å². The van der Waals surface area contributed by atoms with Crippen molar-refractivity contribution in [3.8, 4) is 0 Å². The van der Waals surface area contributed by atoms with Crippen LogP contribution in [0.4, 0.5) is 5.69 Å². The zero-order chi connectivity index (χ0) is 15.6. The average Bonchev–Trinajstić information content (AvgIpc) is 2.77. The van der Waals surface area contributed by atoms with Gasteiger partial charge in [0.05, 0.1) is 17.4 Å². The molecule has 2 atom stereocenters. The predicted octanol–water partition coefficient (Wildman–Crippen LogP) is 0.569. The van der Waals surface area contributed by atoms with E-state index in [2.05, 4.69) is 10.3 Å². The first-order chi connectivity index (χ1) is 9.92. The average molecular weight is 292 g/mol. The van der Waals surface area contributed by atoms with Crippen molar-refractivity contribution in [3.63, 3.8) is 0 Å². The third kappa shape index (κ3) is 3.51. The molecule has 0 bridgehead atoms. The number of aliphatic hydroxyl groups is 1. The Labute approximate surface area is 125 Å². The van der Waals surface area contributed by atoms with E-state index < -0.39 is 6.10 Å². The van der Waals surface area contributed by atoms with Crippen molar-refractivity contribution in [1.29, 1.82) is 0 Å². The van der Waals surface area contributed by atoms with Crippen LogP contribution in [-0.4, -0.2) is 72.2 Å². The van der Waals surface area contributed by atoms with E-state index in [0.717, 1.165) is 17.9 Å². The number of aliphatic hydroxyl groups excluding tert-OH is 1. The van der Waals surface area contributed by atoms with Crippen LogP contribution in [0, 0.1) is 6.92 Å². The van der Waals surface area contributed by atoms with Crippen molar-refractivity contribution in [2.75, 3.05) is 39.5 Å². The molecule has 6 nitrogen and oxygen atoms in total. The van der Waals surface area contributed by atoms with Gasteiger partial charge in [0.2, 0.25) is 0 Å². The summed E-state index contributed by atoms with van der Waals surface area (Å²) < 4.78 is 0. The molecular formula is C15H24N4O2. The molecular weight excluding hydrogens is 268 g/mol. The second-order valence-corrected chi connectivity index (χ2v) is 5.88. The number of pyridine rings is 1. The number of rotatable bonds is 4. The summed E-state index contributed by atoms with van der Waals surface area (Å²) in [6.07, 6.45) is 1.79. The summed E-state index contributed by atoms with van der Waals surface area (Å²) >= 11 is 0. The highest BCUT2D eigenvalue weighted by molar-refractivity contribution is 5.99. The number of amides is 1. The fraction of sp³-hybridized carbons (Fsp3) is 0.600. The number of anilines is 1. The number of nitrogens with zero attached hydrogens (tertiary/aromatic N) is 3. The van der Waals surface area contributed by atoms with Gasteiger partial charge in [0.25, 0.3) is 5.91 Å². The van der Waals surface area contributed by atoms with Crippen molar-refractivity contribution < 1.29 is 9.90 Å². The van der Waals surface area contributed by atoms with Crippen LogP contribution in [-0.2, 0) is 0 Å². The van der Waals surface area contributed by atoms with E-state index in [9.17, 15) is 9.90 Å². The molecule has 1 fully saturated rings. The largest absolute Gasteiger partial charge is 0.391 e. The second-order valence-electron chi connectivity index (χ2n) is 5.88. The quantitative estimate of drug-likeness (QED) is 0.849. The summed E-state index contributed by atoms with van der Waals surface area (Å²) in [4.78, 5) is 20.8. The number of likely N-dealkylation sites (tertiary alicyclic amines) is 1. The van der Waals surface area contributed by atoms with Crippen molar-refractivity contribution >= 4 is 11.6 Å². The standard InChI is InChI=1S/C15H24N4O2/c1-10-5-14(16-2)13(7-17-10)15(21)19-9-12(20)6-11(19)8-18(3)4/h5,7,11-12,20H,6,8-9H2,1-4H3,(H,16,17). The summed E-state index contributed by atoms with van der Waals surface area (Å²) in [5.41, 5.74) is 2.20. The van der Waals surface area contributed by atoms with Crippen molar-refractivity contribution in [1.82, 2.24) is 14.8 Å². The van der Waals surface area contributed by atoms with Crippen LogP contribution in [0.1, 0.15) is 22.5 Å². The van der Waals surface area contributed by atoms with Gasteiger partial charge in [-0.2, -0.15) is 0 Å². The normalized spacial score (nSPS) is 21.9. The van der Waals surface area contributed by atoms with Crippen LogP contribution in [0.5, 0.6) is 0 Å². The molecule has 0 aromatic carbocycles. The molecule has 2 heterocycles. The Hall–Kier alpha value is -1.66. The first-order valence-electron chi connectivity index (χ1n) is 7.20. The molecule has 2 N–H and O–H groups in total. The van der Waals surface area contributed by atoms with Gasteiger partial charge in [0, 0.05) is 38.1 Å². The summed E-state index contributed by atoms with van der Waals surface area (Å²) in [6.45, 7) is 3.02. The van der Waals surface area contributed by atoms with Crippen LogP contribution in [0.15, 0.2) is 12.3 Å². The summed E-state index contributed by atoms with van der Waals surface area (Å²) in [5.74, 6) is -0.0738.